The molecule has 3 aromatic rings. The Morgan fingerprint density at radius 2 is 1.64 bits per heavy atom. The number of para-hydroxylation sites is 1. The number of nitrogens with one attached hydrogen (secondary N) is 1. The van der Waals surface area contributed by atoms with E-state index in [4.69, 9.17) is 11.6 Å². The molecule has 3 rings (SSSR count). The lowest BCUT2D eigenvalue weighted by Crippen LogP contribution is -2.19. The summed E-state index contributed by atoms with van der Waals surface area (Å²) in [5, 5.41) is 4.35. The van der Waals surface area contributed by atoms with E-state index in [-0.39, 0.29) is 5.91 Å². The molecule has 0 saturated carbocycles. The van der Waals surface area contributed by atoms with Crippen LogP contribution in [0.2, 0.25) is 0 Å². The zero-order chi connectivity index (χ0) is 17.5. The van der Waals surface area contributed by atoms with E-state index in [9.17, 15) is 4.79 Å². The van der Waals surface area contributed by atoms with Crippen LogP contribution >= 0.6 is 11.6 Å². The summed E-state index contributed by atoms with van der Waals surface area (Å²) in [5.74, 6) is -0.301. The highest BCUT2D eigenvalue weighted by Gasteiger charge is 2.10. The van der Waals surface area contributed by atoms with Crippen LogP contribution in [0.4, 0.5) is 0 Å². The van der Waals surface area contributed by atoms with Gasteiger partial charge in [0.2, 0.25) is 0 Å². The maximum Gasteiger partial charge on any atom is 0.273 e. The zero-order valence-electron chi connectivity index (χ0n) is 13.3. The van der Waals surface area contributed by atoms with Crippen LogP contribution in [0.3, 0.4) is 0 Å². The number of nitrogens with zero attached hydrogens (tertiary/aromatic N) is 2. The van der Waals surface area contributed by atoms with Gasteiger partial charge >= 0.3 is 0 Å². The zero-order valence-corrected chi connectivity index (χ0v) is 14.1. The summed E-state index contributed by atoms with van der Waals surface area (Å²) in [5.41, 5.74) is 4.78. The third-order valence-electron chi connectivity index (χ3n) is 3.49. The van der Waals surface area contributed by atoms with Gasteiger partial charge in [-0.3, -0.25) is 4.79 Å². The summed E-state index contributed by atoms with van der Waals surface area (Å²) in [4.78, 5) is 12.4. The minimum absolute atomic E-state index is 0.301. The summed E-state index contributed by atoms with van der Waals surface area (Å²) < 4.78 is 1.88. The van der Waals surface area contributed by atoms with Crippen LogP contribution in [0, 0.1) is 0 Å². The molecule has 2 aromatic carbocycles. The normalized spacial score (nSPS) is 11.6. The molecule has 0 aliphatic rings. The minimum Gasteiger partial charge on any atom is -0.323 e. The highest BCUT2D eigenvalue weighted by molar-refractivity contribution is 6.41. The number of hydrogen-bond acceptors (Lipinski definition) is 2. The maximum absolute atomic E-state index is 12.4. The maximum atomic E-state index is 12.4. The average molecular weight is 350 g/mol. The molecular formula is C20H16ClN3O. The van der Waals surface area contributed by atoms with Gasteiger partial charge in [-0.05, 0) is 35.9 Å². The molecule has 0 fully saturated rings. The van der Waals surface area contributed by atoms with E-state index in [0.717, 1.165) is 11.3 Å². The Morgan fingerprint density at radius 1 is 0.960 bits per heavy atom. The van der Waals surface area contributed by atoms with Crippen LogP contribution in [0.1, 0.15) is 15.9 Å². The molecule has 4 nitrogen and oxygen atoms in total. The van der Waals surface area contributed by atoms with Gasteiger partial charge in [0.25, 0.3) is 5.91 Å². The first-order valence-corrected chi connectivity index (χ1v) is 8.10. The first kappa shape index (κ1) is 16.7. The third-order valence-corrected chi connectivity index (χ3v) is 3.70. The van der Waals surface area contributed by atoms with Crippen molar-refractivity contribution in [2.45, 2.75) is 0 Å². The molecule has 0 bridgehead atoms. The number of hydrogen-bond donors (Lipinski definition) is 1. The molecule has 0 saturated heterocycles. The fourth-order valence-electron chi connectivity index (χ4n) is 2.34. The molecule has 0 spiro atoms. The Morgan fingerprint density at radius 3 is 2.40 bits per heavy atom. The Balaban J connectivity index is 1.70. The van der Waals surface area contributed by atoms with Crippen LogP contribution in [0.15, 0.2) is 89.3 Å². The highest BCUT2D eigenvalue weighted by atomic mass is 35.5. The van der Waals surface area contributed by atoms with Crippen molar-refractivity contribution in [3.05, 3.63) is 95.3 Å². The van der Waals surface area contributed by atoms with Crippen molar-refractivity contribution in [1.82, 2.24) is 9.99 Å². The van der Waals surface area contributed by atoms with E-state index in [1.54, 1.807) is 12.1 Å². The van der Waals surface area contributed by atoms with E-state index in [2.05, 4.69) is 10.5 Å². The van der Waals surface area contributed by atoms with Crippen molar-refractivity contribution in [3.8, 4) is 5.69 Å². The minimum atomic E-state index is -0.301. The van der Waals surface area contributed by atoms with Gasteiger partial charge in [0.05, 0.1) is 22.5 Å². The van der Waals surface area contributed by atoms with Gasteiger partial charge in [-0.25, -0.2) is 5.43 Å². The topological polar surface area (TPSA) is 46.4 Å². The lowest BCUT2D eigenvalue weighted by atomic mass is 10.1. The molecule has 25 heavy (non-hydrogen) atoms. The first-order valence-electron chi connectivity index (χ1n) is 7.72. The van der Waals surface area contributed by atoms with Crippen LogP contribution in [0.25, 0.3) is 11.8 Å². The lowest BCUT2D eigenvalue weighted by Gasteiger charge is -2.08. The second-order valence-electron chi connectivity index (χ2n) is 5.25. The van der Waals surface area contributed by atoms with Gasteiger partial charge in [-0.2, -0.15) is 5.10 Å². The lowest BCUT2D eigenvalue weighted by molar-refractivity contribution is 0.0955. The summed E-state index contributed by atoms with van der Waals surface area (Å²) >= 11 is 6.11. The van der Waals surface area contributed by atoms with Crippen molar-refractivity contribution in [2.24, 2.45) is 5.10 Å². The monoisotopic (exact) mass is 349 g/mol. The molecule has 0 atom stereocenters. The van der Waals surface area contributed by atoms with Crippen molar-refractivity contribution in [1.29, 1.82) is 0 Å². The predicted molar refractivity (Wildman–Crippen MR) is 102 cm³/mol. The van der Waals surface area contributed by atoms with Crippen LogP contribution in [-0.4, -0.2) is 16.7 Å². The van der Waals surface area contributed by atoms with Crippen LogP contribution in [0.5, 0.6) is 0 Å². The van der Waals surface area contributed by atoms with Crippen molar-refractivity contribution >= 4 is 29.8 Å². The Kier molecular flexibility index (Phi) is 5.44. The number of carbonyl (C=O) groups is 1. The molecule has 0 aliphatic heterocycles. The van der Waals surface area contributed by atoms with Gasteiger partial charge in [-0.15, -0.1) is 0 Å². The van der Waals surface area contributed by atoms with E-state index >= 15 is 0 Å². The smallest absolute Gasteiger partial charge is 0.273 e. The second-order valence-corrected chi connectivity index (χ2v) is 5.68. The van der Waals surface area contributed by atoms with Crippen LogP contribution in [-0.2, 0) is 0 Å². The SMILES string of the molecule is O=C(NN=C/C(Cl)=C\c1ccccc1)c1ccccc1-n1cccc1. The van der Waals surface area contributed by atoms with Crippen molar-refractivity contribution in [2.75, 3.05) is 0 Å². The predicted octanol–water partition coefficient (Wildman–Crippen LogP) is 4.47. The van der Waals surface area contributed by atoms with Gasteiger partial charge in [0.1, 0.15) is 0 Å². The number of rotatable bonds is 5. The quantitative estimate of drug-likeness (QED) is 0.536. The Bertz CT molecular complexity index is 900. The molecule has 1 aromatic heterocycles. The fourth-order valence-corrected chi connectivity index (χ4v) is 2.52. The van der Waals surface area contributed by atoms with Crippen molar-refractivity contribution < 1.29 is 4.79 Å². The average Bonchev–Trinajstić information content (AvgIpc) is 3.17. The molecular weight excluding hydrogens is 334 g/mol. The summed E-state index contributed by atoms with van der Waals surface area (Å²) in [6, 6.07) is 20.8. The van der Waals surface area contributed by atoms with E-state index in [0.29, 0.717) is 10.6 Å². The molecule has 1 N–H and O–H groups in total. The number of hydrazone groups is 1. The van der Waals surface area contributed by atoms with E-state index in [1.807, 2.05) is 77.6 Å². The van der Waals surface area contributed by atoms with Crippen molar-refractivity contribution in [3.63, 3.8) is 0 Å². The van der Waals surface area contributed by atoms with E-state index < -0.39 is 0 Å². The molecule has 1 heterocycles. The van der Waals surface area contributed by atoms with Gasteiger partial charge in [-0.1, -0.05) is 54.1 Å². The largest absolute Gasteiger partial charge is 0.323 e. The number of carbonyl (C=O) groups excluding carboxylic acids is 1. The molecule has 5 heteroatoms. The van der Waals surface area contributed by atoms with Gasteiger partial charge in [0, 0.05) is 12.4 Å². The molecule has 0 radical (unpaired) electrons. The first-order chi connectivity index (χ1) is 12.2. The molecule has 124 valence electrons. The van der Waals surface area contributed by atoms with Gasteiger partial charge < -0.3 is 4.57 Å². The fraction of sp³-hybridized carbons (Fsp3) is 0. The number of amides is 1. The number of benzene rings is 2. The molecule has 1 amide bonds. The molecule has 0 aliphatic carbocycles. The van der Waals surface area contributed by atoms with Gasteiger partial charge in [0.15, 0.2) is 0 Å². The number of aromatic nitrogens is 1. The second kappa shape index (κ2) is 8.13. The summed E-state index contributed by atoms with van der Waals surface area (Å²) in [6.45, 7) is 0. The molecule has 0 unspecified atom stereocenters. The standard InChI is InChI=1S/C20H16ClN3O/c21-17(14-16-8-2-1-3-9-16)15-22-23-20(25)18-10-4-5-11-19(18)24-12-6-7-13-24/h1-15H,(H,23,25)/b17-14+,22-15?. The summed E-state index contributed by atoms with van der Waals surface area (Å²) in [7, 11) is 0. The number of allylic oxidation sites excluding steroid dienone is 1. The Hall–Kier alpha value is -3.11. The summed E-state index contributed by atoms with van der Waals surface area (Å²) in [6.07, 6.45) is 6.94. The highest BCUT2D eigenvalue weighted by Crippen LogP contribution is 2.14. The van der Waals surface area contributed by atoms with E-state index in [1.165, 1.54) is 6.21 Å². The third kappa shape index (κ3) is 4.46. The van der Waals surface area contributed by atoms with Crippen LogP contribution < -0.4 is 5.43 Å². The number of halogens is 1. The Labute approximate surface area is 151 Å².